The first-order chi connectivity index (χ1) is 28.3. The summed E-state index contributed by atoms with van der Waals surface area (Å²) in [6.45, 7) is 11.8. The van der Waals surface area contributed by atoms with Crippen molar-refractivity contribution in [3.63, 3.8) is 0 Å². The minimum atomic E-state index is -4.03. The predicted octanol–water partition coefficient (Wildman–Crippen LogP) is 5.92. The fraction of sp³-hybridized carbons (Fsp3) is 0.581. The number of nitrogens with zero attached hydrogens (tertiary/aromatic N) is 3. The summed E-state index contributed by atoms with van der Waals surface area (Å²) < 4.78 is 39.9. The molecule has 15 nitrogen and oxygen atoms in total. The fourth-order valence-corrected chi connectivity index (χ4v) is 10.8. The smallest absolute Gasteiger partial charge is 0.405 e. The molecule has 4 aliphatic rings. The Labute approximate surface area is 355 Å². The van der Waals surface area contributed by atoms with Gasteiger partial charge in [-0.2, -0.15) is 0 Å². The van der Waals surface area contributed by atoms with Gasteiger partial charge in [-0.25, -0.2) is 23.2 Å². The van der Waals surface area contributed by atoms with Crippen molar-refractivity contribution in [1.82, 2.24) is 30.2 Å². The van der Waals surface area contributed by atoms with E-state index in [1.54, 1.807) is 26.3 Å². The van der Waals surface area contributed by atoms with E-state index in [-0.39, 0.29) is 42.5 Å². The maximum absolute atomic E-state index is 14.7. The second-order valence-electron chi connectivity index (χ2n) is 18.3. The third-order valence-corrected chi connectivity index (χ3v) is 15.8. The third kappa shape index (κ3) is 8.56. The zero-order valence-corrected chi connectivity index (χ0v) is 36.9. The Kier molecular flexibility index (Phi) is 11.7. The van der Waals surface area contributed by atoms with Gasteiger partial charge >= 0.3 is 6.09 Å². The highest BCUT2D eigenvalue weighted by molar-refractivity contribution is 7.91. The molecule has 2 aliphatic heterocycles. The number of pyridine rings is 1. The maximum Gasteiger partial charge on any atom is 0.405 e. The number of thiazole rings is 1. The number of nitrogens with one attached hydrogen (secondary N) is 3. The van der Waals surface area contributed by atoms with E-state index >= 15 is 0 Å². The lowest BCUT2D eigenvalue weighted by atomic mass is 9.85. The van der Waals surface area contributed by atoms with Gasteiger partial charge in [-0.1, -0.05) is 53.2 Å². The molecule has 3 aromatic rings. The van der Waals surface area contributed by atoms with Gasteiger partial charge in [-0.15, -0.1) is 11.3 Å². The number of methoxy groups -OCH3 is 1. The van der Waals surface area contributed by atoms with Crippen molar-refractivity contribution in [3.8, 4) is 22.2 Å². The zero-order chi connectivity index (χ0) is 43.4. The fourth-order valence-electron chi connectivity index (χ4n) is 8.43. The monoisotopic (exact) mass is 864 g/mol. The molecule has 7 atom stereocenters. The summed E-state index contributed by atoms with van der Waals surface area (Å²) in [5.41, 5.74) is -0.00393. The molecule has 0 radical (unpaired) electrons. The van der Waals surface area contributed by atoms with Crippen molar-refractivity contribution in [2.75, 3.05) is 13.7 Å². The Bertz CT molecular complexity index is 2320. The third-order valence-electron chi connectivity index (χ3n) is 12.7. The summed E-state index contributed by atoms with van der Waals surface area (Å²) in [4.78, 5) is 66.6. The van der Waals surface area contributed by atoms with E-state index in [0.29, 0.717) is 43.2 Å². The molecule has 1 saturated heterocycles. The zero-order valence-electron chi connectivity index (χ0n) is 35.2. The van der Waals surface area contributed by atoms with Crippen molar-refractivity contribution in [3.05, 3.63) is 47.6 Å². The number of allylic oxidation sites excluding steroid dienone is 1. The van der Waals surface area contributed by atoms with Gasteiger partial charge in [0.05, 0.1) is 24.1 Å². The number of benzene rings is 1. The van der Waals surface area contributed by atoms with E-state index in [0.717, 1.165) is 28.1 Å². The van der Waals surface area contributed by atoms with E-state index in [4.69, 9.17) is 19.4 Å². The number of ether oxygens (including phenoxy) is 2. The molecule has 1 aromatic carbocycles. The maximum atomic E-state index is 14.7. The van der Waals surface area contributed by atoms with Crippen LogP contribution in [-0.2, 0) is 29.8 Å². The Morgan fingerprint density at radius 2 is 1.90 bits per heavy atom. The van der Waals surface area contributed by atoms with Crippen LogP contribution in [0, 0.1) is 17.8 Å². The lowest BCUT2D eigenvalue weighted by molar-refractivity contribution is -0.142. The van der Waals surface area contributed by atoms with Crippen LogP contribution < -0.4 is 24.8 Å². The van der Waals surface area contributed by atoms with Crippen LogP contribution in [-0.4, -0.2) is 94.3 Å². The van der Waals surface area contributed by atoms with Crippen molar-refractivity contribution in [1.29, 1.82) is 0 Å². The average molecular weight is 865 g/mol. The first-order valence-electron chi connectivity index (χ1n) is 20.7. The Morgan fingerprint density at radius 1 is 1.15 bits per heavy atom. The van der Waals surface area contributed by atoms with Crippen LogP contribution in [0.3, 0.4) is 0 Å². The molecule has 3 fully saturated rings. The molecular formula is C43H56N6O9S2. The topological polar surface area (TPSA) is 206 Å². The number of sulfonamides is 1. The van der Waals surface area contributed by atoms with Crippen molar-refractivity contribution in [2.24, 2.45) is 17.8 Å². The van der Waals surface area contributed by atoms with Gasteiger partial charge in [-0.05, 0) is 75.5 Å². The van der Waals surface area contributed by atoms with Gasteiger partial charge in [-0.3, -0.25) is 19.1 Å². The summed E-state index contributed by atoms with van der Waals surface area (Å²) in [6.07, 6.45) is 6.79. The van der Waals surface area contributed by atoms with Crippen LogP contribution in [0.2, 0.25) is 0 Å². The summed E-state index contributed by atoms with van der Waals surface area (Å²) in [5, 5.41) is 19.6. The number of rotatable bonds is 9. The number of hydrogen-bond acceptors (Lipinski definition) is 11. The number of carbonyl (C=O) groups excluding carboxylic acids is 3. The number of carboxylic acid groups (broad SMARTS) is 1. The van der Waals surface area contributed by atoms with E-state index in [2.05, 4.69) is 43.1 Å². The molecule has 4 amide bonds. The van der Waals surface area contributed by atoms with Gasteiger partial charge < -0.3 is 30.1 Å². The normalized spacial score (nSPS) is 28.6. The van der Waals surface area contributed by atoms with Crippen LogP contribution in [0.5, 0.6) is 11.6 Å². The Hall–Kier alpha value is -4.77. The molecule has 7 rings (SSSR count). The molecule has 60 heavy (non-hydrogen) atoms. The molecule has 324 valence electrons. The summed E-state index contributed by atoms with van der Waals surface area (Å²) >= 11 is 1.51. The minimum absolute atomic E-state index is 0.0123. The highest BCUT2D eigenvalue weighted by Gasteiger charge is 2.63. The number of amides is 4. The highest BCUT2D eigenvalue weighted by Crippen LogP contribution is 2.48. The van der Waals surface area contributed by atoms with Crippen LogP contribution >= 0.6 is 11.3 Å². The van der Waals surface area contributed by atoms with Crippen LogP contribution in [0.4, 0.5) is 4.79 Å². The standard InChI is InChI=1S/C43H56N6O9S2/c1-8-25-17-24(2)11-9-10-12-26-20-43(26,39(52)48-60(55,56)42(6)15-16-42)47-35(50)32-19-28(22-49(32)38(51)34(25)46-40(53)54)58-36-29-14-13-27(57-7)18-30(29)31(21-44-36)37-45-33(23-59-37)41(3,4)5/h10,12-14,18,21,23-26,28,32,34,46H,8-9,11,15-17,19-20,22H2,1-7H3,(H,47,50)(H,48,52)(H,53,54)/b12-10-/t24-,25-,26-,28-,32+,34+,43-/m1/s1. The molecule has 0 spiro atoms. The van der Waals surface area contributed by atoms with Crippen LogP contribution in [0.1, 0.15) is 98.6 Å². The van der Waals surface area contributed by atoms with Crippen molar-refractivity contribution < 1.29 is 42.2 Å². The van der Waals surface area contributed by atoms with E-state index in [1.165, 1.54) is 16.2 Å². The molecule has 2 aromatic heterocycles. The Morgan fingerprint density at radius 3 is 2.55 bits per heavy atom. The van der Waals surface area contributed by atoms with E-state index < -0.39 is 68.2 Å². The van der Waals surface area contributed by atoms with Gasteiger partial charge in [0.1, 0.15) is 34.5 Å². The summed E-state index contributed by atoms with van der Waals surface area (Å²) in [5.74, 6) is -1.94. The molecule has 4 heterocycles. The number of fused-ring (bicyclic) bond motifs is 3. The van der Waals surface area contributed by atoms with Crippen molar-refractivity contribution >= 4 is 55.9 Å². The molecule has 4 N–H and O–H groups in total. The molecule has 0 bridgehead atoms. The lowest BCUT2D eigenvalue weighted by Crippen LogP contribution is -2.59. The number of carbonyl (C=O) groups is 4. The quantitative estimate of drug-likeness (QED) is 0.186. The SMILES string of the molecule is CC[C@@H]1C[C@H](C)CC/C=C\[C@@H]2C[C@@]2(C(=O)NS(=O)(=O)C2(C)CC2)NC(=O)[C@@H]2C[C@@H](Oc3ncc(-c4nc(C(C)(C)C)cs4)c4cc(OC)ccc34)CN2C(=O)[C@H]1NC(=O)O. The largest absolute Gasteiger partial charge is 0.497 e. The van der Waals surface area contributed by atoms with E-state index in [1.807, 2.05) is 36.6 Å². The number of aromatic nitrogens is 2. The second-order valence-corrected chi connectivity index (χ2v) is 21.3. The summed E-state index contributed by atoms with van der Waals surface area (Å²) in [6, 6.07) is 3.16. The molecule has 2 aliphatic carbocycles. The average Bonchev–Trinajstić information content (AvgIpc) is 3.96. The van der Waals surface area contributed by atoms with Gasteiger partial charge in [0.2, 0.25) is 27.7 Å². The Balaban J connectivity index is 1.25. The molecule has 2 saturated carbocycles. The molecule has 17 heteroatoms. The van der Waals surface area contributed by atoms with Crippen LogP contribution in [0.15, 0.2) is 41.9 Å². The van der Waals surface area contributed by atoms with Gasteiger partial charge in [0.15, 0.2) is 0 Å². The van der Waals surface area contributed by atoms with Gasteiger partial charge in [0.25, 0.3) is 5.91 Å². The number of hydrogen-bond donors (Lipinski definition) is 4. The minimum Gasteiger partial charge on any atom is -0.497 e. The van der Waals surface area contributed by atoms with Crippen molar-refractivity contribution in [2.45, 2.75) is 127 Å². The second kappa shape index (κ2) is 16.3. The lowest BCUT2D eigenvalue weighted by Gasteiger charge is -2.33. The van der Waals surface area contributed by atoms with Crippen LogP contribution in [0.25, 0.3) is 21.3 Å². The first kappa shape index (κ1) is 43.3. The highest BCUT2D eigenvalue weighted by atomic mass is 32.2. The first-order valence-corrected chi connectivity index (χ1v) is 23.1. The molecule has 0 unspecified atom stereocenters. The summed E-state index contributed by atoms with van der Waals surface area (Å²) in [7, 11) is -2.44. The predicted molar refractivity (Wildman–Crippen MR) is 227 cm³/mol. The molecular weight excluding hydrogens is 809 g/mol. The van der Waals surface area contributed by atoms with Gasteiger partial charge in [0, 0.05) is 45.7 Å². The van der Waals surface area contributed by atoms with E-state index in [9.17, 15) is 32.7 Å².